The standard InChI is InChI=1S/C16H26N4O/c1-12(2)14-10-20(9-13-5-7-17-8-6-13)11-15(14)18-16(21)19(3)4/h5-8,12,14-15H,9-11H2,1-4H3,(H,18,21)/t14-,15+/m1/s1. The van der Waals surface area contributed by atoms with Crippen LogP contribution in [0.4, 0.5) is 4.79 Å². The molecule has 2 atom stereocenters. The molecule has 2 amide bonds. The van der Waals surface area contributed by atoms with Crippen LogP contribution in [0.25, 0.3) is 0 Å². The lowest BCUT2D eigenvalue weighted by atomic mass is 9.91. The third-order valence-electron chi connectivity index (χ3n) is 4.17. The second kappa shape index (κ2) is 6.89. The van der Waals surface area contributed by atoms with Gasteiger partial charge >= 0.3 is 6.03 Å². The number of likely N-dealkylation sites (tertiary alicyclic amines) is 1. The number of nitrogens with one attached hydrogen (secondary N) is 1. The van der Waals surface area contributed by atoms with Gasteiger partial charge in [0.2, 0.25) is 0 Å². The molecule has 0 bridgehead atoms. The van der Waals surface area contributed by atoms with Crippen LogP contribution in [0.2, 0.25) is 0 Å². The molecule has 5 heteroatoms. The predicted octanol–water partition coefficient (Wildman–Crippen LogP) is 1.81. The van der Waals surface area contributed by atoms with Gasteiger partial charge in [-0.1, -0.05) is 13.8 Å². The summed E-state index contributed by atoms with van der Waals surface area (Å²) in [6, 6.07) is 4.32. The van der Waals surface area contributed by atoms with Crippen molar-refractivity contribution in [3.05, 3.63) is 30.1 Å². The van der Waals surface area contributed by atoms with E-state index in [1.165, 1.54) is 5.56 Å². The van der Waals surface area contributed by atoms with Crippen LogP contribution >= 0.6 is 0 Å². The maximum Gasteiger partial charge on any atom is 0.317 e. The molecule has 21 heavy (non-hydrogen) atoms. The molecule has 1 aromatic heterocycles. The molecule has 1 aromatic rings. The van der Waals surface area contributed by atoms with E-state index in [0.717, 1.165) is 19.6 Å². The zero-order chi connectivity index (χ0) is 15.4. The Kier molecular flexibility index (Phi) is 5.17. The van der Waals surface area contributed by atoms with Crippen molar-refractivity contribution in [2.75, 3.05) is 27.2 Å². The Bertz CT molecular complexity index is 461. The molecule has 1 aliphatic heterocycles. The highest BCUT2D eigenvalue weighted by molar-refractivity contribution is 5.73. The van der Waals surface area contributed by atoms with Crippen LogP contribution < -0.4 is 5.32 Å². The van der Waals surface area contributed by atoms with Crippen molar-refractivity contribution in [1.29, 1.82) is 0 Å². The number of hydrogen-bond donors (Lipinski definition) is 1. The Morgan fingerprint density at radius 2 is 2.05 bits per heavy atom. The first-order valence-electron chi connectivity index (χ1n) is 7.56. The van der Waals surface area contributed by atoms with Crippen LogP contribution in [0.5, 0.6) is 0 Å². The van der Waals surface area contributed by atoms with Crippen molar-refractivity contribution in [2.24, 2.45) is 11.8 Å². The van der Waals surface area contributed by atoms with E-state index in [4.69, 9.17) is 0 Å². The van der Waals surface area contributed by atoms with Gasteiger partial charge in [-0.2, -0.15) is 0 Å². The molecule has 0 radical (unpaired) electrons. The summed E-state index contributed by atoms with van der Waals surface area (Å²) < 4.78 is 0. The third-order valence-corrected chi connectivity index (χ3v) is 4.17. The van der Waals surface area contributed by atoms with E-state index in [9.17, 15) is 4.79 Å². The van der Waals surface area contributed by atoms with Gasteiger partial charge in [0, 0.05) is 52.2 Å². The molecule has 0 aromatic carbocycles. The second-order valence-electron chi connectivity index (χ2n) is 6.41. The lowest BCUT2D eigenvalue weighted by Crippen LogP contribution is -2.46. The molecule has 0 unspecified atom stereocenters. The highest BCUT2D eigenvalue weighted by atomic mass is 16.2. The van der Waals surface area contributed by atoms with E-state index in [1.54, 1.807) is 19.0 Å². The summed E-state index contributed by atoms with van der Waals surface area (Å²) in [7, 11) is 3.56. The van der Waals surface area contributed by atoms with Gasteiger partial charge in [0.05, 0.1) is 0 Å². The fourth-order valence-corrected chi connectivity index (χ4v) is 2.90. The number of aromatic nitrogens is 1. The molecule has 0 aliphatic carbocycles. The van der Waals surface area contributed by atoms with Gasteiger partial charge in [0.25, 0.3) is 0 Å². The van der Waals surface area contributed by atoms with E-state index in [0.29, 0.717) is 11.8 Å². The minimum atomic E-state index is -0.00332. The van der Waals surface area contributed by atoms with Crippen LogP contribution in [-0.2, 0) is 6.54 Å². The Balaban J connectivity index is 1.99. The van der Waals surface area contributed by atoms with E-state index in [2.05, 4.69) is 41.2 Å². The van der Waals surface area contributed by atoms with Crippen LogP contribution in [0.1, 0.15) is 19.4 Å². The van der Waals surface area contributed by atoms with Crippen molar-refractivity contribution in [3.8, 4) is 0 Å². The average molecular weight is 290 g/mol. The van der Waals surface area contributed by atoms with E-state index in [1.807, 2.05) is 12.4 Å². The molecule has 5 nitrogen and oxygen atoms in total. The number of amides is 2. The lowest BCUT2D eigenvalue weighted by molar-refractivity contribution is 0.207. The largest absolute Gasteiger partial charge is 0.334 e. The number of hydrogen-bond acceptors (Lipinski definition) is 3. The first-order valence-corrected chi connectivity index (χ1v) is 7.56. The third kappa shape index (κ3) is 4.17. The van der Waals surface area contributed by atoms with Gasteiger partial charge < -0.3 is 10.2 Å². The number of nitrogens with zero attached hydrogens (tertiary/aromatic N) is 3. The van der Waals surface area contributed by atoms with Crippen molar-refractivity contribution >= 4 is 6.03 Å². The topological polar surface area (TPSA) is 48.5 Å². The summed E-state index contributed by atoms with van der Waals surface area (Å²) >= 11 is 0. The van der Waals surface area contributed by atoms with Gasteiger partial charge in [-0.25, -0.2) is 4.79 Å². The maximum atomic E-state index is 11.9. The number of pyridine rings is 1. The van der Waals surface area contributed by atoms with Crippen molar-refractivity contribution in [3.63, 3.8) is 0 Å². The Morgan fingerprint density at radius 3 is 2.62 bits per heavy atom. The number of rotatable bonds is 4. The minimum Gasteiger partial charge on any atom is -0.334 e. The number of urea groups is 1. The Morgan fingerprint density at radius 1 is 1.38 bits per heavy atom. The summed E-state index contributed by atoms with van der Waals surface area (Å²) in [6.07, 6.45) is 3.66. The number of carbonyl (C=O) groups excluding carboxylic acids is 1. The van der Waals surface area contributed by atoms with Crippen molar-refractivity contribution in [2.45, 2.75) is 26.4 Å². The van der Waals surface area contributed by atoms with E-state index >= 15 is 0 Å². The molecule has 1 fully saturated rings. The highest BCUT2D eigenvalue weighted by Crippen LogP contribution is 2.25. The molecule has 1 aliphatic rings. The van der Waals surface area contributed by atoms with Crippen molar-refractivity contribution < 1.29 is 4.79 Å². The SMILES string of the molecule is CC(C)[C@H]1CN(Cc2ccncc2)C[C@@H]1NC(=O)N(C)C. The van der Waals surface area contributed by atoms with Crippen LogP contribution in [-0.4, -0.2) is 54.0 Å². The Hall–Kier alpha value is -1.62. The zero-order valence-electron chi connectivity index (χ0n) is 13.4. The molecular formula is C16H26N4O. The fraction of sp³-hybridized carbons (Fsp3) is 0.625. The quantitative estimate of drug-likeness (QED) is 0.920. The molecule has 0 spiro atoms. The lowest BCUT2D eigenvalue weighted by Gasteiger charge is -2.24. The maximum absolute atomic E-state index is 11.9. The van der Waals surface area contributed by atoms with Crippen LogP contribution in [0, 0.1) is 11.8 Å². The summed E-state index contributed by atoms with van der Waals surface area (Å²) in [4.78, 5) is 20.0. The molecule has 2 heterocycles. The van der Waals surface area contributed by atoms with Crippen LogP contribution in [0.3, 0.4) is 0 Å². The monoisotopic (exact) mass is 290 g/mol. The van der Waals surface area contributed by atoms with Gasteiger partial charge in [-0.15, -0.1) is 0 Å². The van der Waals surface area contributed by atoms with Gasteiger partial charge in [0.1, 0.15) is 0 Å². The molecule has 0 saturated carbocycles. The number of carbonyl (C=O) groups is 1. The van der Waals surface area contributed by atoms with Gasteiger partial charge in [-0.05, 0) is 29.5 Å². The summed E-state index contributed by atoms with van der Waals surface area (Å²) in [5, 5.41) is 3.16. The molecule has 1 saturated heterocycles. The summed E-state index contributed by atoms with van der Waals surface area (Å²) in [5.74, 6) is 1.05. The first kappa shape index (κ1) is 15.8. The smallest absolute Gasteiger partial charge is 0.317 e. The van der Waals surface area contributed by atoms with Gasteiger partial charge in [0.15, 0.2) is 0 Å². The summed E-state index contributed by atoms with van der Waals surface area (Å²) in [6.45, 7) is 7.31. The second-order valence-corrected chi connectivity index (χ2v) is 6.41. The highest BCUT2D eigenvalue weighted by Gasteiger charge is 2.35. The fourth-order valence-electron chi connectivity index (χ4n) is 2.90. The average Bonchev–Trinajstić information content (AvgIpc) is 2.82. The predicted molar refractivity (Wildman–Crippen MR) is 83.8 cm³/mol. The minimum absolute atomic E-state index is 0.00332. The van der Waals surface area contributed by atoms with E-state index < -0.39 is 0 Å². The molecule has 1 N–H and O–H groups in total. The van der Waals surface area contributed by atoms with Crippen LogP contribution in [0.15, 0.2) is 24.5 Å². The normalized spacial score (nSPS) is 22.5. The van der Waals surface area contributed by atoms with Crippen molar-refractivity contribution in [1.82, 2.24) is 20.1 Å². The van der Waals surface area contributed by atoms with E-state index in [-0.39, 0.29) is 12.1 Å². The molecular weight excluding hydrogens is 264 g/mol. The molecule has 2 rings (SSSR count). The summed E-state index contributed by atoms with van der Waals surface area (Å²) in [5.41, 5.74) is 1.27. The zero-order valence-corrected chi connectivity index (χ0v) is 13.4. The van der Waals surface area contributed by atoms with Gasteiger partial charge in [-0.3, -0.25) is 9.88 Å². The Labute approximate surface area is 127 Å². The molecule has 116 valence electrons. The first-order chi connectivity index (χ1) is 9.97.